The Balaban J connectivity index is 1.78. The molecule has 3 rings (SSSR count). The van der Waals surface area contributed by atoms with Gasteiger partial charge in [0.15, 0.2) is 0 Å². The fourth-order valence-electron chi connectivity index (χ4n) is 3.64. The molecule has 1 N–H and O–H groups in total. The fraction of sp³-hybridized carbons (Fsp3) is 0.450. The molecule has 1 aliphatic heterocycles. The van der Waals surface area contributed by atoms with E-state index in [1.165, 1.54) is 11.1 Å². The molecule has 5 heteroatoms. The highest BCUT2D eigenvalue weighted by molar-refractivity contribution is 5.73. The van der Waals surface area contributed by atoms with Crippen LogP contribution in [0.3, 0.4) is 0 Å². The maximum atomic E-state index is 11.6. The Morgan fingerprint density at radius 3 is 2.36 bits per heavy atom. The minimum absolute atomic E-state index is 0.0200. The summed E-state index contributed by atoms with van der Waals surface area (Å²) in [5, 5.41) is 3.12. The second kappa shape index (κ2) is 7.31. The zero-order valence-corrected chi connectivity index (χ0v) is 15.4. The average Bonchev–Trinajstić information content (AvgIpc) is 2.88. The number of nitrogens with zero attached hydrogens (tertiary/aromatic N) is 3. The third-order valence-corrected chi connectivity index (χ3v) is 4.68. The van der Waals surface area contributed by atoms with Crippen molar-refractivity contribution in [3.8, 4) is 0 Å². The van der Waals surface area contributed by atoms with Crippen LogP contribution in [0.1, 0.15) is 41.2 Å². The maximum absolute atomic E-state index is 11.6. The molecular formula is C20H26N4O. The van der Waals surface area contributed by atoms with Gasteiger partial charge in [0.05, 0.1) is 6.54 Å². The summed E-state index contributed by atoms with van der Waals surface area (Å²) in [5.41, 5.74) is 4.51. The van der Waals surface area contributed by atoms with Crippen molar-refractivity contribution in [2.45, 2.75) is 46.2 Å². The lowest BCUT2D eigenvalue weighted by molar-refractivity contribution is -0.119. The predicted molar refractivity (Wildman–Crippen MR) is 98.3 cm³/mol. The van der Waals surface area contributed by atoms with E-state index in [4.69, 9.17) is 0 Å². The van der Waals surface area contributed by atoms with Crippen molar-refractivity contribution in [1.82, 2.24) is 20.2 Å². The Morgan fingerprint density at radius 2 is 1.76 bits per heavy atom. The number of rotatable bonds is 4. The molecule has 0 radical (unpaired) electrons. The third kappa shape index (κ3) is 4.42. The summed E-state index contributed by atoms with van der Waals surface area (Å²) >= 11 is 0. The number of likely N-dealkylation sites (tertiary alicyclic amines) is 1. The van der Waals surface area contributed by atoms with Crippen LogP contribution < -0.4 is 5.32 Å². The maximum Gasteiger partial charge on any atom is 0.217 e. The number of amides is 1. The van der Waals surface area contributed by atoms with E-state index in [0.717, 1.165) is 30.3 Å². The van der Waals surface area contributed by atoms with Crippen molar-refractivity contribution >= 4 is 5.91 Å². The van der Waals surface area contributed by atoms with Crippen LogP contribution in [0.2, 0.25) is 0 Å². The van der Waals surface area contributed by atoms with Crippen LogP contribution in [0.15, 0.2) is 30.3 Å². The first kappa shape index (κ1) is 17.5. The van der Waals surface area contributed by atoms with E-state index < -0.39 is 0 Å². The minimum atomic E-state index is 0.0200. The van der Waals surface area contributed by atoms with E-state index in [1.54, 1.807) is 6.92 Å². The lowest BCUT2D eigenvalue weighted by Gasteiger charge is -2.19. The highest BCUT2D eigenvalue weighted by Crippen LogP contribution is 2.28. The van der Waals surface area contributed by atoms with Crippen LogP contribution in [-0.4, -0.2) is 39.9 Å². The van der Waals surface area contributed by atoms with E-state index in [0.29, 0.717) is 6.54 Å². The first-order valence-electron chi connectivity index (χ1n) is 8.78. The molecule has 0 spiro atoms. The van der Waals surface area contributed by atoms with E-state index in [-0.39, 0.29) is 17.9 Å². The quantitative estimate of drug-likeness (QED) is 0.931. The van der Waals surface area contributed by atoms with Crippen LogP contribution in [0.4, 0.5) is 0 Å². The van der Waals surface area contributed by atoms with Gasteiger partial charge in [0.25, 0.3) is 0 Å². The molecule has 1 fully saturated rings. The smallest absolute Gasteiger partial charge is 0.217 e. The molecule has 1 aromatic heterocycles. The van der Waals surface area contributed by atoms with Crippen molar-refractivity contribution in [2.24, 2.45) is 0 Å². The van der Waals surface area contributed by atoms with Gasteiger partial charge in [-0.25, -0.2) is 9.97 Å². The zero-order valence-electron chi connectivity index (χ0n) is 15.4. The van der Waals surface area contributed by atoms with E-state index >= 15 is 0 Å². The number of nitrogens with one attached hydrogen (secondary N) is 1. The van der Waals surface area contributed by atoms with Crippen LogP contribution >= 0.6 is 0 Å². The van der Waals surface area contributed by atoms with E-state index in [1.807, 2.05) is 19.9 Å². The molecule has 0 aliphatic carbocycles. The Kier molecular flexibility index (Phi) is 5.13. The van der Waals surface area contributed by atoms with Crippen molar-refractivity contribution in [1.29, 1.82) is 0 Å². The van der Waals surface area contributed by atoms with Crippen molar-refractivity contribution < 1.29 is 4.79 Å². The highest BCUT2D eigenvalue weighted by atomic mass is 16.1. The number of benzene rings is 1. The Bertz CT molecular complexity index is 737. The highest BCUT2D eigenvalue weighted by Gasteiger charge is 2.34. The number of hydrogen-bond acceptors (Lipinski definition) is 4. The van der Waals surface area contributed by atoms with Crippen molar-refractivity contribution in [3.05, 3.63) is 58.7 Å². The molecule has 132 valence electrons. The topological polar surface area (TPSA) is 58.1 Å². The van der Waals surface area contributed by atoms with Crippen molar-refractivity contribution in [2.75, 3.05) is 13.1 Å². The van der Waals surface area contributed by atoms with Gasteiger partial charge in [-0.05, 0) is 32.4 Å². The Labute approximate surface area is 149 Å². The van der Waals surface area contributed by atoms with Gasteiger partial charge in [-0.3, -0.25) is 9.69 Å². The number of hydrogen-bond donors (Lipinski definition) is 1. The van der Waals surface area contributed by atoms with Gasteiger partial charge < -0.3 is 5.32 Å². The van der Waals surface area contributed by atoms with Crippen LogP contribution in [0.5, 0.6) is 0 Å². The second-order valence-corrected chi connectivity index (χ2v) is 7.09. The van der Waals surface area contributed by atoms with Crippen molar-refractivity contribution in [3.63, 3.8) is 0 Å². The summed E-state index contributed by atoms with van der Waals surface area (Å²) in [4.78, 5) is 23.1. The van der Waals surface area contributed by atoms with Gasteiger partial charge in [0.1, 0.15) is 5.82 Å². The van der Waals surface area contributed by atoms with Gasteiger partial charge >= 0.3 is 0 Å². The predicted octanol–water partition coefficient (Wildman–Crippen LogP) is 2.51. The number of aromatic nitrogens is 2. The molecule has 0 saturated carbocycles. The number of carbonyl (C=O) groups is 1. The molecule has 2 atom stereocenters. The summed E-state index contributed by atoms with van der Waals surface area (Å²) < 4.78 is 0. The summed E-state index contributed by atoms with van der Waals surface area (Å²) in [5.74, 6) is 1.16. The molecule has 5 nitrogen and oxygen atoms in total. The minimum Gasteiger partial charge on any atom is -0.352 e. The van der Waals surface area contributed by atoms with Crippen LogP contribution in [0, 0.1) is 20.8 Å². The Morgan fingerprint density at radius 1 is 1.12 bits per heavy atom. The summed E-state index contributed by atoms with van der Waals surface area (Å²) in [6, 6.07) is 10.7. The molecule has 1 aliphatic rings. The lowest BCUT2D eigenvalue weighted by atomic mass is 9.93. The first-order valence-corrected chi connectivity index (χ1v) is 8.78. The third-order valence-electron chi connectivity index (χ3n) is 4.68. The molecule has 25 heavy (non-hydrogen) atoms. The molecule has 2 heterocycles. The molecule has 1 saturated heterocycles. The summed E-state index contributed by atoms with van der Waals surface area (Å²) in [7, 11) is 0. The van der Waals surface area contributed by atoms with Crippen LogP contribution in [-0.2, 0) is 11.3 Å². The fourth-order valence-corrected chi connectivity index (χ4v) is 3.64. The SMILES string of the molecule is CC(=O)N[C@H]1CN(Cc2nc(C)cc(C)n2)C[C@@H]1c1ccc(C)cc1. The normalized spacial score (nSPS) is 20.6. The Hall–Kier alpha value is -2.27. The average molecular weight is 338 g/mol. The largest absolute Gasteiger partial charge is 0.352 e. The van der Waals surface area contributed by atoms with Crippen LogP contribution in [0.25, 0.3) is 0 Å². The summed E-state index contributed by atoms with van der Waals surface area (Å²) in [6.07, 6.45) is 0. The van der Waals surface area contributed by atoms with Gasteiger partial charge in [0.2, 0.25) is 5.91 Å². The lowest BCUT2D eigenvalue weighted by Crippen LogP contribution is -2.38. The van der Waals surface area contributed by atoms with Gasteiger partial charge in [-0.2, -0.15) is 0 Å². The number of carbonyl (C=O) groups excluding carboxylic acids is 1. The molecular weight excluding hydrogens is 312 g/mol. The van der Waals surface area contributed by atoms with Gasteiger partial charge in [-0.15, -0.1) is 0 Å². The standard InChI is InChI=1S/C20H26N4O/c1-13-5-7-17(8-6-13)18-10-24(11-19(18)23-16(4)25)12-20-21-14(2)9-15(3)22-20/h5-9,18-19H,10-12H2,1-4H3,(H,23,25)/t18-,19+/m1/s1. The van der Waals surface area contributed by atoms with E-state index in [9.17, 15) is 4.79 Å². The molecule has 1 aromatic carbocycles. The summed E-state index contributed by atoms with van der Waals surface area (Å²) in [6.45, 7) is 10.1. The zero-order chi connectivity index (χ0) is 18.0. The number of aryl methyl sites for hydroxylation is 3. The first-order chi connectivity index (χ1) is 11.9. The van der Waals surface area contributed by atoms with Gasteiger partial charge in [0, 0.05) is 43.4 Å². The van der Waals surface area contributed by atoms with Gasteiger partial charge in [-0.1, -0.05) is 29.8 Å². The van der Waals surface area contributed by atoms with E-state index in [2.05, 4.69) is 51.4 Å². The molecule has 0 bridgehead atoms. The molecule has 2 aromatic rings. The monoisotopic (exact) mass is 338 g/mol. The second-order valence-electron chi connectivity index (χ2n) is 7.09. The molecule has 0 unspecified atom stereocenters. The molecule has 1 amide bonds.